The number of rotatable bonds is 2. The number of phenols is 1. The Kier molecular flexibility index (Phi) is 4.34. The van der Waals surface area contributed by atoms with Gasteiger partial charge in [0.15, 0.2) is 0 Å². The van der Waals surface area contributed by atoms with Crippen molar-refractivity contribution in [1.29, 1.82) is 0 Å². The van der Waals surface area contributed by atoms with Crippen LogP contribution in [0, 0.1) is 5.82 Å². The molecule has 1 N–H and O–H groups in total. The minimum atomic E-state index is -0.374. The number of carbonyl (C=O) groups is 1. The minimum absolute atomic E-state index is 0.120. The molecule has 1 aromatic carbocycles. The number of phenolic OH excluding ortho intramolecular Hbond substituents is 1. The van der Waals surface area contributed by atoms with Gasteiger partial charge in [0.05, 0.1) is 11.8 Å². The van der Waals surface area contributed by atoms with E-state index in [9.17, 15) is 14.3 Å². The Balaban J connectivity index is 1.66. The molecule has 7 heteroatoms. The minimum Gasteiger partial charge on any atom is -0.507 e. The number of pyridine rings is 1. The van der Waals surface area contributed by atoms with Gasteiger partial charge in [0, 0.05) is 31.2 Å². The first kappa shape index (κ1) is 15.6. The number of hydrogen-bond acceptors (Lipinski definition) is 4. The quantitative estimate of drug-likeness (QED) is 0.916. The number of benzene rings is 1. The summed E-state index contributed by atoms with van der Waals surface area (Å²) in [6, 6.07) is 7.44. The van der Waals surface area contributed by atoms with E-state index in [2.05, 4.69) is 4.98 Å². The van der Waals surface area contributed by atoms with Crippen LogP contribution in [0.4, 0.5) is 10.2 Å². The fourth-order valence-electron chi connectivity index (χ4n) is 2.55. The second-order valence-corrected chi connectivity index (χ2v) is 5.71. The lowest BCUT2D eigenvalue weighted by molar-refractivity contribution is 0.0743. The number of nitrogens with zero attached hydrogens (tertiary/aromatic N) is 3. The van der Waals surface area contributed by atoms with E-state index in [1.807, 2.05) is 4.90 Å². The SMILES string of the molecule is O=C(c1ccc(Cl)cc1O)N1CCN(c2ccc(F)cn2)CC1. The molecule has 0 unspecified atom stereocenters. The van der Waals surface area contributed by atoms with Crippen molar-refractivity contribution in [2.75, 3.05) is 31.1 Å². The molecule has 2 heterocycles. The van der Waals surface area contributed by atoms with Crippen molar-refractivity contribution in [3.63, 3.8) is 0 Å². The Morgan fingerprint density at radius 1 is 1.17 bits per heavy atom. The number of aromatic nitrogens is 1. The summed E-state index contributed by atoms with van der Waals surface area (Å²) in [6.07, 6.45) is 1.18. The molecule has 23 heavy (non-hydrogen) atoms. The largest absolute Gasteiger partial charge is 0.507 e. The Labute approximate surface area is 137 Å². The van der Waals surface area contributed by atoms with Gasteiger partial charge in [0.1, 0.15) is 17.4 Å². The maximum atomic E-state index is 12.9. The summed E-state index contributed by atoms with van der Waals surface area (Å²) in [6.45, 7) is 2.19. The molecule has 0 radical (unpaired) electrons. The number of aromatic hydroxyl groups is 1. The van der Waals surface area contributed by atoms with Gasteiger partial charge < -0.3 is 14.9 Å². The van der Waals surface area contributed by atoms with Gasteiger partial charge in [-0.1, -0.05) is 11.6 Å². The molecular weight excluding hydrogens is 321 g/mol. The lowest BCUT2D eigenvalue weighted by Gasteiger charge is -2.35. The Morgan fingerprint density at radius 2 is 1.91 bits per heavy atom. The van der Waals surface area contributed by atoms with Gasteiger partial charge >= 0.3 is 0 Å². The highest BCUT2D eigenvalue weighted by Crippen LogP contribution is 2.24. The van der Waals surface area contributed by atoms with Crippen LogP contribution in [0.25, 0.3) is 0 Å². The lowest BCUT2D eigenvalue weighted by Crippen LogP contribution is -2.49. The zero-order valence-corrected chi connectivity index (χ0v) is 13.0. The Morgan fingerprint density at radius 3 is 2.52 bits per heavy atom. The van der Waals surface area contributed by atoms with Gasteiger partial charge in [-0.15, -0.1) is 0 Å². The molecule has 1 fully saturated rings. The summed E-state index contributed by atoms with van der Waals surface area (Å²) in [4.78, 5) is 20.2. The molecule has 0 saturated carbocycles. The van der Waals surface area contributed by atoms with E-state index in [1.165, 1.54) is 24.4 Å². The van der Waals surface area contributed by atoms with Crippen LogP contribution in [-0.4, -0.2) is 47.1 Å². The van der Waals surface area contributed by atoms with Crippen molar-refractivity contribution in [2.45, 2.75) is 0 Å². The number of carbonyl (C=O) groups excluding carboxylic acids is 1. The summed E-state index contributed by atoms with van der Waals surface area (Å²) in [5.41, 5.74) is 0.239. The van der Waals surface area contributed by atoms with Crippen LogP contribution in [0.3, 0.4) is 0 Å². The summed E-state index contributed by atoms with van der Waals surface area (Å²) in [5.74, 6) is -0.0374. The third-order valence-corrected chi connectivity index (χ3v) is 4.03. The zero-order chi connectivity index (χ0) is 16.4. The molecule has 0 bridgehead atoms. The topological polar surface area (TPSA) is 56.7 Å². The lowest BCUT2D eigenvalue weighted by atomic mass is 10.1. The highest BCUT2D eigenvalue weighted by molar-refractivity contribution is 6.30. The van der Waals surface area contributed by atoms with Crippen LogP contribution < -0.4 is 4.90 Å². The van der Waals surface area contributed by atoms with E-state index >= 15 is 0 Å². The standard InChI is InChI=1S/C16H15ClFN3O2/c17-11-1-3-13(14(22)9-11)16(23)21-7-5-20(6-8-21)15-4-2-12(18)10-19-15/h1-4,9-10,22H,5-8H2. The van der Waals surface area contributed by atoms with E-state index < -0.39 is 0 Å². The Bertz CT molecular complexity index is 716. The molecule has 2 aromatic rings. The molecule has 1 aliphatic rings. The number of hydrogen-bond donors (Lipinski definition) is 1. The summed E-state index contributed by atoms with van der Waals surface area (Å²) < 4.78 is 12.9. The van der Waals surface area contributed by atoms with Crippen molar-refractivity contribution in [3.8, 4) is 5.75 Å². The summed E-state index contributed by atoms with van der Waals surface area (Å²) in [5, 5.41) is 10.2. The first-order chi connectivity index (χ1) is 11.0. The van der Waals surface area contributed by atoms with Crippen molar-refractivity contribution < 1.29 is 14.3 Å². The van der Waals surface area contributed by atoms with Crippen LogP contribution >= 0.6 is 11.6 Å². The number of halogens is 2. The van der Waals surface area contributed by atoms with Crippen LogP contribution in [0.15, 0.2) is 36.5 Å². The van der Waals surface area contributed by atoms with E-state index in [-0.39, 0.29) is 23.0 Å². The molecule has 1 aliphatic heterocycles. The molecule has 1 saturated heterocycles. The van der Waals surface area contributed by atoms with Gasteiger partial charge in [-0.05, 0) is 30.3 Å². The van der Waals surface area contributed by atoms with Crippen LogP contribution in [0.2, 0.25) is 5.02 Å². The normalized spacial score (nSPS) is 14.9. The molecule has 120 valence electrons. The number of amides is 1. The number of anilines is 1. The summed E-state index contributed by atoms with van der Waals surface area (Å²) in [7, 11) is 0. The van der Waals surface area contributed by atoms with Crippen LogP contribution in [-0.2, 0) is 0 Å². The van der Waals surface area contributed by atoms with Crippen molar-refractivity contribution in [1.82, 2.24) is 9.88 Å². The molecular formula is C16H15ClFN3O2. The first-order valence-corrected chi connectivity index (χ1v) is 7.56. The van der Waals surface area contributed by atoms with E-state index in [0.717, 1.165) is 0 Å². The number of piperazine rings is 1. The van der Waals surface area contributed by atoms with E-state index in [1.54, 1.807) is 17.0 Å². The predicted molar refractivity (Wildman–Crippen MR) is 85.4 cm³/mol. The highest BCUT2D eigenvalue weighted by Gasteiger charge is 2.24. The van der Waals surface area contributed by atoms with Gasteiger partial charge in [-0.3, -0.25) is 4.79 Å². The summed E-state index contributed by atoms with van der Waals surface area (Å²) >= 11 is 5.78. The van der Waals surface area contributed by atoms with Crippen LogP contribution in [0.1, 0.15) is 10.4 Å². The molecule has 5 nitrogen and oxygen atoms in total. The predicted octanol–water partition coefficient (Wildman–Crippen LogP) is 2.54. The van der Waals surface area contributed by atoms with Gasteiger partial charge in [0.25, 0.3) is 5.91 Å². The molecule has 0 atom stereocenters. The monoisotopic (exact) mass is 335 g/mol. The molecule has 0 aliphatic carbocycles. The Hall–Kier alpha value is -2.34. The maximum Gasteiger partial charge on any atom is 0.257 e. The van der Waals surface area contributed by atoms with Crippen molar-refractivity contribution in [2.24, 2.45) is 0 Å². The van der Waals surface area contributed by atoms with Gasteiger partial charge in [0.2, 0.25) is 0 Å². The maximum absolute atomic E-state index is 12.9. The van der Waals surface area contributed by atoms with E-state index in [0.29, 0.717) is 37.0 Å². The third kappa shape index (κ3) is 3.37. The van der Waals surface area contributed by atoms with Gasteiger partial charge in [-0.2, -0.15) is 0 Å². The third-order valence-electron chi connectivity index (χ3n) is 3.79. The fraction of sp³-hybridized carbons (Fsp3) is 0.250. The zero-order valence-electron chi connectivity index (χ0n) is 12.2. The molecule has 3 rings (SSSR count). The van der Waals surface area contributed by atoms with E-state index in [4.69, 9.17) is 11.6 Å². The van der Waals surface area contributed by atoms with Crippen LogP contribution in [0.5, 0.6) is 5.75 Å². The van der Waals surface area contributed by atoms with Crippen molar-refractivity contribution in [3.05, 3.63) is 52.9 Å². The second-order valence-electron chi connectivity index (χ2n) is 5.28. The fourth-order valence-corrected chi connectivity index (χ4v) is 2.72. The molecule has 1 amide bonds. The molecule has 0 spiro atoms. The highest BCUT2D eigenvalue weighted by atomic mass is 35.5. The smallest absolute Gasteiger partial charge is 0.257 e. The average molecular weight is 336 g/mol. The molecule has 1 aromatic heterocycles. The first-order valence-electron chi connectivity index (χ1n) is 7.19. The average Bonchev–Trinajstić information content (AvgIpc) is 2.55. The van der Waals surface area contributed by atoms with Crippen molar-refractivity contribution >= 4 is 23.3 Å². The second kappa shape index (κ2) is 6.42. The van der Waals surface area contributed by atoms with Gasteiger partial charge in [-0.25, -0.2) is 9.37 Å².